The molecular formula is C15H21N7O3. The van der Waals surface area contributed by atoms with Crippen molar-refractivity contribution in [3.63, 3.8) is 0 Å². The number of amides is 1. The van der Waals surface area contributed by atoms with E-state index in [2.05, 4.69) is 25.4 Å². The predicted molar refractivity (Wildman–Crippen MR) is 89.1 cm³/mol. The molecule has 0 unspecified atom stereocenters. The van der Waals surface area contributed by atoms with Gasteiger partial charge in [0.1, 0.15) is 19.2 Å². The standard InChI is InChI=1S/C15H21N7O3/c1-20-15(24)6-12(7-18-20)21-4-5-25-13(8-21)2-3-17-14(23)9-22-11-16-10-19-22/h6-7,10-11,13H,2-5,8-9H2,1H3,(H,17,23)/t13-/m1/s1. The van der Waals surface area contributed by atoms with E-state index < -0.39 is 0 Å². The Hall–Kier alpha value is -2.75. The molecular weight excluding hydrogens is 326 g/mol. The molecule has 0 aliphatic carbocycles. The summed E-state index contributed by atoms with van der Waals surface area (Å²) in [6, 6.07) is 1.58. The first-order chi connectivity index (χ1) is 12.1. The number of carbonyl (C=O) groups is 1. The van der Waals surface area contributed by atoms with Crippen molar-refractivity contribution in [2.24, 2.45) is 7.05 Å². The lowest BCUT2D eigenvalue weighted by molar-refractivity contribution is -0.122. The fourth-order valence-electron chi connectivity index (χ4n) is 2.65. The second kappa shape index (κ2) is 7.88. The molecule has 2 aromatic rings. The highest BCUT2D eigenvalue weighted by atomic mass is 16.5. The maximum absolute atomic E-state index is 11.8. The number of aromatic nitrogens is 5. The molecule has 1 amide bonds. The van der Waals surface area contributed by atoms with Gasteiger partial charge in [-0.2, -0.15) is 10.2 Å². The van der Waals surface area contributed by atoms with E-state index in [-0.39, 0.29) is 24.1 Å². The van der Waals surface area contributed by atoms with Crippen molar-refractivity contribution in [1.82, 2.24) is 29.9 Å². The van der Waals surface area contributed by atoms with Crippen LogP contribution >= 0.6 is 0 Å². The SMILES string of the molecule is Cn1ncc(N2CCO[C@H](CCNC(=O)Cn3cncn3)C2)cc1=O. The quantitative estimate of drug-likeness (QED) is 0.698. The maximum atomic E-state index is 11.8. The summed E-state index contributed by atoms with van der Waals surface area (Å²) in [5.41, 5.74) is 0.660. The monoisotopic (exact) mass is 347 g/mol. The molecule has 0 aromatic carbocycles. The topological polar surface area (TPSA) is 107 Å². The third-order valence-corrected chi connectivity index (χ3v) is 4.02. The zero-order valence-corrected chi connectivity index (χ0v) is 14.0. The Balaban J connectivity index is 1.46. The highest BCUT2D eigenvalue weighted by Gasteiger charge is 2.21. The molecule has 10 heteroatoms. The number of nitrogens with zero attached hydrogens (tertiary/aromatic N) is 6. The molecule has 1 atom stereocenters. The van der Waals surface area contributed by atoms with E-state index >= 15 is 0 Å². The lowest BCUT2D eigenvalue weighted by Crippen LogP contribution is -2.44. The Morgan fingerprint density at radius 1 is 1.44 bits per heavy atom. The third kappa shape index (κ3) is 4.63. The van der Waals surface area contributed by atoms with Crippen LogP contribution in [0.15, 0.2) is 29.7 Å². The van der Waals surface area contributed by atoms with E-state index in [1.54, 1.807) is 19.3 Å². The highest BCUT2D eigenvalue weighted by molar-refractivity contribution is 5.75. The largest absolute Gasteiger partial charge is 0.374 e. The lowest BCUT2D eigenvalue weighted by atomic mass is 10.2. The predicted octanol–water partition coefficient (Wildman–Crippen LogP) is -1.22. The van der Waals surface area contributed by atoms with Crippen LogP contribution < -0.4 is 15.8 Å². The van der Waals surface area contributed by atoms with Crippen LogP contribution in [-0.2, 0) is 23.1 Å². The van der Waals surface area contributed by atoms with Crippen molar-refractivity contribution in [3.8, 4) is 0 Å². The van der Waals surface area contributed by atoms with Crippen LogP contribution in [-0.4, -0.2) is 62.8 Å². The van der Waals surface area contributed by atoms with Gasteiger partial charge < -0.3 is 15.0 Å². The Kier molecular flexibility index (Phi) is 5.39. The number of rotatable bonds is 6. The minimum Gasteiger partial charge on any atom is -0.374 e. The van der Waals surface area contributed by atoms with Crippen molar-refractivity contribution >= 4 is 11.6 Å². The van der Waals surface area contributed by atoms with Crippen LogP contribution in [0.5, 0.6) is 0 Å². The zero-order valence-electron chi connectivity index (χ0n) is 14.0. The summed E-state index contributed by atoms with van der Waals surface area (Å²) in [6.07, 6.45) is 5.26. The summed E-state index contributed by atoms with van der Waals surface area (Å²) in [5, 5.41) is 10.8. The van der Waals surface area contributed by atoms with E-state index in [0.29, 0.717) is 32.7 Å². The molecule has 0 spiro atoms. The van der Waals surface area contributed by atoms with Gasteiger partial charge in [-0.15, -0.1) is 0 Å². The number of aryl methyl sites for hydroxylation is 1. The fourth-order valence-corrected chi connectivity index (χ4v) is 2.65. The van der Waals surface area contributed by atoms with Gasteiger partial charge in [0.2, 0.25) is 5.91 Å². The van der Waals surface area contributed by atoms with Gasteiger partial charge in [0.25, 0.3) is 5.56 Å². The van der Waals surface area contributed by atoms with E-state index in [1.807, 2.05) is 0 Å². The average Bonchev–Trinajstić information content (AvgIpc) is 3.10. The first kappa shape index (κ1) is 17.1. The number of ether oxygens (including phenoxy) is 1. The molecule has 2 aromatic heterocycles. The van der Waals surface area contributed by atoms with E-state index in [0.717, 1.165) is 5.69 Å². The Bertz CT molecular complexity index is 759. The van der Waals surface area contributed by atoms with Crippen LogP contribution in [0.4, 0.5) is 5.69 Å². The van der Waals surface area contributed by atoms with Crippen molar-refractivity contribution in [3.05, 3.63) is 35.3 Å². The Labute approximate surface area is 144 Å². The molecule has 1 aliphatic rings. The van der Waals surface area contributed by atoms with Crippen molar-refractivity contribution in [2.45, 2.75) is 19.1 Å². The Morgan fingerprint density at radius 2 is 2.32 bits per heavy atom. The second-order valence-electron chi connectivity index (χ2n) is 5.85. The summed E-state index contributed by atoms with van der Waals surface area (Å²) >= 11 is 0. The normalized spacial score (nSPS) is 17.5. The number of hydrogen-bond donors (Lipinski definition) is 1. The number of carbonyl (C=O) groups excluding carboxylic acids is 1. The molecule has 0 bridgehead atoms. The minimum absolute atomic E-state index is 0.00974. The van der Waals surface area contributed by atoms with Gasteiger partial charge >= 0.3 is 0 Å². The van der Waals surface area contributed by atoms with Crippen molar-refractivity contribution in [2.75, 3.05) is 31.1 Å². The molecule has 0 radical (unpaired) electrons. The Morgan fingerprint density at radius 3 is 3.08 bits per heavy atom. The van der Waals surface area contributed by atoms with Crippen LogP contribution in [0.25, 0.3) is 0 Å². The van der Waals surface area contributed by atoms with E-state index in [9.17, 15) is 9.59 Å². The van der Waals surface area contributed by atoms with Gasteiger partial charge in [0.05, 0.1) is 24.6 Å². The molecule has 1 aliphatic heterocycles. The second-order valence-corrected chi connectivity index (χ2v) is 5.85. The summed E-state index contributed by atoms with van der Waals surface area (Å²) in [4.78, 5) is 29.4. The molecule has 0 saturated carbocycles. The molecule has 3 heterocycles. The van der Waals surface area contributed by atoms with Crippen LogP contribution in [0.3, 0.4) is 0 Å². The average molecular weight is 347 g/mol. The molecule has 25 heavy (non-hydrogen) atoms. The van der Waals surface area contributed by atoms with Gasteiger partial charge in [-0.1, -0.05) is 0 Å². The molecule has 1 N–H and O–H groups in total. The van der Waals surface area contributed by atoms with Crippen molar-refractivity contribution in [1.29, 1.82) is 0 Å². The summed E-state index contributed by atoms with van der Waals surface area (Å²) in [7, 11) is 1.62. The molecule has 10 nitrogen and oxygen atoms in total. The van der Waals surface area contributed by atoms with Gasteiger partial charge in [0.15, 0.2) is 0 Å². The minimum atomic E-state index is -0.138. The van der Waals surface area contributed by atoms with E-state index in [4.69, 9.17) is 4.74 Å². The zero-order chi connectivity index (χ0) is 17.6. The molecule has 1 fully saturated rings. The highest BCUT2D eigenvalue weighted by Crippen LogP contribution is 2.16. The van der Waals surface area contributed by atoms with Gasteiger partial charge in [0, 0.05) is 32.7 Å². The molecule has 134 valence electrons. The smallest absolute Gasteiger partial charge is 0.268 e. The fraction of sp³-hybridized carbons (Fsp3) is 0.533. The summed E-state index contributed by atoms with van der Waals surface area (Å²) in [6.45, 7) is 2.61. The summed E-state index contributed by atoms with van der Waals surface area (Å²) in [5.74, 6) is -0.117. The number of nitrogens with one attached hydrogen (secondary N) is 1. The number of morpholine rings is 1. The first-order valence-electron chi connectivity index (χ1n) is 8.11. The van der Waals surface area contributed by atoms with Crippen LogP contribution in [0, 0.1) is 0 Å². The van der Waals surface area contributed by atoms with Crippen molar-refractivity contribution < 1.29 is 9.53 Å². The third-order valence-electron chi connectivity index (χ3n) is 4.02. The van der Waals surface area contributed by atoms with Crippen LogP contribution in [0.2, 0.25) is 0 Å². The first-order valence-corrected chi connectivity index (χ1v) is 8.11. The molecule has 3 rings (SSSR count). The lowest BCUT2D eigenvalue weighted by Gasteiger charge is -2.34. The number of anilines is 1. The van der Waals surface area contributed by atoms with Gasteiger partial charge in [-0.05, 0) is 6.42 Å². The number of hydrogen-bond acceptors (Lipinski definition) is 7. The molecule has 1 saturated heterocycles. The van der Waals surface area contributed by atoms with Gasteiger partial charge in [-0.25, -0.2) is 14.3 Å². The van der Waals surface area contributed by atoms with Crippen LogP contribution in [0.1, 0.15) is 6.42 Å². The maximum Gasteiger partial charge on any atom is 0.268 e. The van der Waals surface area contributed by atoms with Gasteiger partial charge in [-0.3, -0.25) is 9.59 Å². The van der Waals surface area contributed by atoms with E-state index in [1.165, 1.54) is 22.0 Å². The summed E-state index contributed by atoms with van der Waals surface area (Å²) < 4.78 is 8.51.